The Hall–Kier alpha value is -0.610. The number of hydrogen-bond acceptors (Lipinski definition) is 3. The molecule has 4 heteroatoms. The Morgan fingerprint density at radius 3 is 2.44 bits per heavy atom. The Kier molecular flexibility index (Phi) is 6.65. The van der Waals surface area contributed by atoms with Crippen LogP contribution in [0.2, 0.25) is 0 Å². The Balaban J connectivity index is 2.71. The number of unbranched alkanes of at least 4 members (excludes halogenated alkanes) is 1. The highest BCUT2D eigenvalue weighted by Gasteiger charge is 2.40. The summed E-state index contributed by atoms with van der Waals surface area (Å²) in [7, 11) is 0. The molecule has 18 heavy (non-hydrogen) atoms. The number of nitrogens with zero attached hydrogens (tertiary/aromatic N) is 1. The van der Waals surface area contributed by atoms with Gasteiger partial charge in [-0.25, -0.2) is 0 Å². The first-order chi connectivity index (χ1) is 8.70. The number of aliphatic hydroxyl groups is 1. The molecule has 0 spiro atoms. The van der Waals surface area contributed by atoms with Crippen molar-refractivity contribution in [3.8, 4) is 0 Å². The van der Waals surface area contributed by atoms with Crippen molar-refractivity contribution in [3.05, 3.63) is 0 Å². The van der Waals surface area contributed by atoms with Crippen LogP contribution in [0.5, 0.6) is 0 Å². The summed E-state index contributed by atoms with van der Waals surface area (Å²) in [5, 5.41) is 12.5. The standard InChI is InChI=1S/C14H28N2O2/c1-3-5-10-16(11-12-17)13(18)14(4-2)6-8-15-9-7-14/h15,17H,3-12H2,1-2H3. The molecule has 0 bridgehead atoms. The maximum absolute atomic E-state index is 12.7. The fraction of sp³-hybridized carbons (Fsp3) is 0.929. The molecule has 106 valence electrons. The lowest BCUT2D eigenvalue weighted by molar-refractivity contribution is -0.144. The lowest BCUT2D eigenvalue weighted by Crippen LogP contribution is -2.50. The predicted molar refractivity (Wildman–Crippen MR) is 73.4 cm³/mol. The van der Waals surface area contributed by atoms with Crippen molar-refractivity contribution in [1.29, 1.82) is 0 Å². The Bertz CT molecular complexity index is 250. The molecule has 2 N–H and O–H groups in total. The van der Waals surface area contributed by atoms with Crippen molar-refractivity contribution < 1.29 is 9.90 Å². The fourth-order valence-electron chi connectivity index (χ4n) is 2.74. The number of amides is 1. The highest BCUT2D eigenvalue weighted by molar-refractivity contribution is 5.83. The molecule has 1 amide bonds. The molecule has 0 aliphatic carbocycles. The van der Waals surface area contributed by atoms with Crippen molar-refractivity contribution in [3.63, 3.8) is 0 Å². The average Bonchev–Trinajstić information content (AvgIpc) is 2.43. The molecule has 0 saturated carbocycles. The number of nitrogens with one attached hydrogen (secondary N) is 1. The third kappa shape index (κ3) is 3.69. The number of carbonyl (C=O) groups excluding carboxylic acids is 1. The zero-order chi connectivity index (χ0) is 13.4. The molecule has 1 saturated heterocycles. The number of rotatable bonds is 7. The van der Waals surface area contributed by atoms with Crippen LogP contribution in [0.15, 0.2) is 0 Å². The molecular weight excluding hydrogens is 228 g/mol. The van der Waals surface area contributed by atoms with E-state index in [1.54, 1.807) is 0 Å². The molecule has 0 unspecified atom stereocenters. The van der Waals surface area contributed by atoms with Gasteiger partial charge in [-0.3, -0.25) is 4.79 Å². The van der Waals surface area contributed by atoms with Crippen LogP contribution in [0.4, 0.5) is 0 Å². The van der Waals surface area contributed by atoms with Crippen LogP contribution < -0.4 is 5.32 Å². The van der Waals surface area contributed by atoms with E-state index in [1.807, 2.05) is 4.90 Å². The minimum Gasteiger partial charge on any atom is -0.395 e. The van der Waals surface area contributed by atoms with Gasteiger partial charge < -0.3 is 15.3 Å². The quantitative estimate of drug-likeness (QED) is 0.724. The van der Waals surface area contributed by atoms with Crippen LogP contribution in [0.1, 0.15) is 46.0 Å². The van der Waals surface area contributed by atoms with Gasteiger partial charge in [0.2, 0.25) is 5.91 Å². The Morgan fingerprint density at radius 1 is 1.28 bits per heavy atom. The molecule has 4 nitrogen and oxygen atoms in total. The first-order valence-corrected chi connectivity index (χ1v) is 7.31. The second-order valence-corrected chi connectivity index (χ2v) is 5.25. The van der Waals surface area contributed by atoms with Gasteiger partial charge in [-0.05, 0) is 38.8 Å². The zero-order valence-electron chi connectivity index (χ0n) is 11.9. The zero-order valence-corrected chi connectivity index (χ0v) is 11.9. The normalized spacial score (nSPS) is 18.6. The molecule has 0 aromatic rings. The summed E-state index contributed by atoms with van der Waals surface area (Å²) in [6.45, 7) is 7.43. The third-order valence-electron chi connectivity index (χ3n) is 4.13. The fourth-order valence-corrected chi connectivity index (χ4v) is 2.74. The van der Waals surface area contributed by atoms with Gasteiger partial charge in [-0.1, -0.05) is 20.3 Å². The van der Waals surface area contributed by atoms with Crippen LogP contribution in [0.3, 0.4) is 0 Å². The average molecular weight is 256 g/mol. The van der Waals surface area contributed by atoms with Crippen molar-refractivity contribution in [1.82, 2.24) is 10.2 Å². The minimum atomic E-state index is -0.186. The summed E-state index contributed by atoms with van der Waals surface area (Å²) < 4.78 is 0. The van der Waals surface area contributed by atoms with E-state index >= 15 is 0 Å². The molecule has 0 aromatic heterocycles. The van der Waals surface area contributed by atoms with Crippen molar-refractivity contribution in [2.75, 3.05) is 32.8 Å². The molecule has 1 aliphatic heterocycles. The van der Waals surface area contributed by atoms with E-state index in [9.17, 15) is 4.79 Å². The summed E-state index contributed by atoms with van der Waals surface area (Å²) in [5.41, 5.74) is -0.186. The monoisotopic (exact) mass is 256 g/mol. The molecular formula is C14H28N2O2. The highest BCUT2D eigenvalue weighted by Crippen LogP contribution is 2.34. The van der Waals surface area contributed by atoms with Gasteiger partial charge in [0, 0.05) is 13.1 Å². The molecule has 1 fully saturated rings. The van der Waals surface area contributed by atoms with E-state index in [1.165, 1.54) is 0 Å². The predicted octanol–water partition coefficient (Wildman–Crippen LogP) is 1.39. The van der Waals surface area contributed by atoms with Gasteiger partial charge in [0.1, 0.15) is 0 Å². The molecule has 1 heterocycles. The van der Waals surface area contributed by atoms with Gasteiger partial charge in [0.05, 0.1) is 12.0 Å². The summed E-state index contributed by atoms with van der Waals surface area (Å²) in [6.07, 6.45) is 4.86. The SMILES string of the molecule is CCCCN(CCO)C(=O)C1(CC)CCNCC1. The van der Waals surface area contributed by atoms with E-state index in [4.69, 9.17) is 5.11 Å². The van der Waals surface area contributed by atoms with Crippen LogP contribution in [-0.4, -0.2) is 48.7 Å². The number of carbonyl (C=O) groups is 1. The maximum atomic E-state index is 12.7. The second kappa shape index (κ2) is 7.74. The highest BCUT2D eigenvalue weighted by atomic mass is 16.3. The minimum absolute atomic E-state index is 0.0630. The molecule has 0 aromatic carbocycles. The molecule has 0 atom stereocenters. The largest absolute Gasteiger partial charge is 0.395 e. The first-order valence-electron chi connectivity index (χ1n) is 7.31. The topological polar surface area (TPSA) is 52.6 Å². The van der Waals surface area contributed by atoms with Crippen molar-refractivity contribution >= 4 is 5.91 Å². The smallest absolute Gasteiger partial charge is 0.228 e. The van der Waals surface area contributed by atoms with Crippen LogP contribution in [-0.2, 0) is 4.79 Å². The van der Waals surface area contributed by atoms with E-state index in [2.05, 4.69) is 19.2 Å². The van der Waals surface area contributed by atoms with Crippen LogP contribution in [0, 0.1) is 5.41 Å². The Labute approximate surface area is 111 Å². The molecule has 1 rings (SSSR count). The van der Waals surface area contributed by atoms with Gasteiger partial charge >= 0.3 is 0 Å². The lowest BCUT2D eigenvalue weighted by Gasteiger charge is -2.39. The summed E-state index contributed by atoms with van der Waals surface area (Å²) in [5.74, 6) is 0.258. The van der Waals surface area contributed by atoms with Crippen LogP contribution >= 0.6 is 0 Å². The van der Waals surface area contributed by atoms with E-state index in [0.29, 0.717) is 6.54 Å². The second-order valence-electron chi connectivity index (χ2n) is 5.25. The van der Waals surface area contributed by atoms with E-state index in [0.717, 1.165) is 51.7 Å². The molecule has 1 aliphatic rings. The first kappa shape index (κ1) is 15.4. The van der Waals surface area contributed by atoms with E-state index < -0.39 is 0 Å². The van der Waals surface area contributed by atoms with Gasteiger partial charge in [-0.15, -0.1) is 0 Å². The number of piperidine rings is 1. The van der Waals surface area contributed by atoms with Crippen molar-refractivity contribution in [2.45, 2.75) is 46.0 Å². The van der Waals surface area contributed by atoms with Gasteiger partial charge in [-0.2, -0.15) is 0 Å². The third-order valence-corrected chi connectivity index (χ3v) is 4.13. The number of aliphatic hydroxyl groups excluding tert-OH is 1. The van der Waals surface area contributed by atoms with Gasteiger partial charge in [0.15, 0.2) is 0 Å². The summed E-state index contributed by atoms with van der Waals surface area (Å²) >= 11 is 0. The Morgan fingerprint density at radius 2 is 1.94 bits per heavy atom. The van der Waals surface area contributed by atoms with Crippen molar-refractivity contribution in [2.24, 2.45) is 5.41 Å². The van der Waals surface area contributed by atoms with E-state index in [-0.39, 0.29) is 17.9 Å². The van der Waals surface area contributed by atoms with Gasteiger partial charge in [0.25, 0.3) is 0 Å². The summed E-state index contributed by atoms with van der Waals surface area (Å²) in [6, 6.07) is 0. The maximum Gasteiger partial charge on any atom is 0.228 e. The summed E-state index contributed by atoms with van der Waals surface area (Å²) in [4.78, 5) is 14.6. The number of hydrogen-bond donors (Lipinski definition) is 2. The lowest BCUT2D eigenvalue weighted by atomic mass is 9.75. The van der Waals surface area contributed by atoms with Crippen LogP contribution in [0.25, 0.3) is 0 Å². The molecule has 0 radical (unpaired) electrons.